The Morgan fingerprint density at radius 2 is 1.63 bits per heavy atom. The van der Waals surface area contributed by atoms with Gasteiger partial charge in [-0.15, -0.1) is 0 Å². The molecule has 1 atom stereocenters. The van der Waals surface area contributed by atoms with Crippen molar-refractivity contribution in [3.63, 3.8) is 0 Å². The summed E-state index contributed by atoms with van der Waals surface area (Å²) < 4.78 is 0. The van der Waals surface area contributed by atoms with Gasteiger partial charge in [0.1, 0.15) is 0 Å². The molecule has 1 N–H and O–H groups in total. The van der Waals surface area contributed by atoms with Crippen LogP contribution in [0.2, 0.25) is 0 Å². The van der Waals surface area contributed by atoms with Crippen LogP contribution in [0, 0.1) is 5.39 Å². The molecule has 0 aliphatic carbocycles. The van der Waals surface area contributed by atoms with Gasteiger partial charge in [-0.2, -0.15) is 0 Å². The largest absolute Gasteiger partial charge is 1.00 e. The van der Waals surface area contributed by atoms with Crippen molar-refractivity contribution in [2.24, 2.45) is 0 Å². The number of hydrogen-bond acceptors (Lipinski definition) is 2. The van der Waals surface area contributed by atoms with E-state index in [4.69, 9.17) is 5.39 Å². The predicted octanol–water partition coefficient (Wildman–Crippen LogP) is 0.494. The molecule has 0 saturated carbocycles. The van der Waals surface area contributed by atoms with E-state index in [9.17, 15) is 5.11 Å². The molecular weight excluding hydrogens is 260 g/mol. The molecule has 2 aromatic carbocycles. The normalized spacial score (nSPS) is 11.2. The molecule has 0 amide bonds. The molecule has 0 heterocycles. The Labute approximate surface area is 118 Å². The fourth-order valence-electron chi connectivity index (χ4n) is 2.10. The zero-order valence-electron chi connectivity index (χ0n) is 10.4. The van der Waals surface area contributed by atoms with Gasteiger partial charge in [0, 0.05) is 12.0 Å². The second kappa shape index (κ2) is 7.52. The van der Waals surface area contributed by atoms with Gasteiger partial charge in [-0.05, 0) is 12.0 Å². The van der Waals surface area contributed by atoms with Gasteiger partial charge >= 0.3 is 5.69 Å². The van der Waals surface area contributed by atoms with Gasteiger partial charge in [-0.25, -0.2) is 0 Å². The third-order valence-electron chi connectivity index (χ3n) is 3.03. The van der Waals surface area contributed by atoms with Crippen molar-refractivity contribution < 1.29 is 17.5 Å². The molecule has 0 radical (unpaired) electrons. The van der Waals surface area contributed by atoms with Crippen LogP contribution in [0.3, 0.4) is 0 Å². The summed E-state index contributed by atoms with van der Waals surface area (Å²) in [5.41, 5.74) is 2.54. The average molecular weight is 275 g/mol. The Hall–Kier alpha value is -1.89. The number of benzene rings is 2. The third kappa shape index (κ3) is 3.78. The van der Waals surface area contributed by atoms with Crippen LogP contribution >= 0.6 is 0 Å². The van der Waals surface area contributed by atoms with Gasteiger partial charge < -0.3 is 17.5 Å². The minimum absolute atomic E-state index is 0. The molecule has 0 bridgehead atoms. The van der Waals surface area contributed by atoms with E-state index < -0.39 is 0 Å². The van der Waals surface area contributed by atoms with E-state index in [2.05, 4.69) is 4.98 Å². The van der Waals surface area contributed by atoms with E-state index in [1.165, 1.54) is 0 Å². The van der Waals surface area contributed by atoms with Gasteiger partial charge in [0.2, 0.25) is 5.39 Å². The zero-order chi connectivity index (χ0) is 12.8. The number of hydrogen-bond donors (Lipinski definition) is 1. The van der Waals surface area contributed by atoms with E-state index in [1.807, 2.05) is 48.5 Å². The summed E-state index contributed by atoms with van der Waals surface area (Å²) in [6.45, 7) is 0.0292. The second-order valence-electron chi connectivity index (χ2n) is 4.23. The van der Waals surface area contributed by atoms with Crippen molar-refractivity contribution in [1.29, 1.82) is 5.39 Å². The number of aliphatic hydroxyl groups is 1. The first-order valence-corrected chi connectivity index (χ1v) is 5.94. The standard InChI is InChI=1S/C15H15N2O.ClH/c16-17-15-9-5-4-8-14(15)13(11-18)10-12-6-2-1-3-7-12;/h1-9,13,18H,10-11H2;1H/q+1;/p-1. The van der Waals surface area contributed by atoms with Crippen molar-refractivity contribution >= 4 is 5.69 Å². The lowest BCUT2D eigenvalue weighted by atomic mass is 9.91. The summed E-state index contributed by atoms with van der Waals surface area (Å²) in [6, 6.07) is 17.3. The molecule has 4 heteroatoms. The quantitative estimate of drug-likeness (QED) is 0.825. The van der Waals surface area contributed by atoms with Crippen molar-refractivity contribution in [3.05, 3.63) is 70.7 Å². The first-order valence-electron chi connectivity index (χ1n) is 5.94. The van der Waals surface area contributed by atoms with Gasteiger partial charge in [0.25, 0.3) is 0 Å². The molecule has 0 aliphatic heterocycles. The van der Waals surface area contributed by atoms with Crippen LogP contribution < -0.4 is 12.4 Å². The minimum atomic E-state index is -0.0560. The first kappa shape index (κ1) is 15.2. The molecule has 98 valence electrons. The van der Waals surface area contributed by atoms with E-state index in [-0.39, 0.29) is 24.9 Å². The van der Waals surface area contributed by atoms with Crippen LogP contribution in [0.25, 0.3) is 4.98 Å². The minimum Gasteiger partial charge on any atom is -1.00 e. The number of diazo groups is 1. The molecule has 1 unspecified atom stereocenters. The number of halogens is 1. The lowest BCUT2D eigenvalue weighted by Crippen LogP contribution is -3.00. The van der Waals surface area contributed by atoms with Crippen molar-refractivity contribution in [1.82, 2.24) is 0 Å². The van der Waals surface area contributed by atoms with E-state index in [0.29, 0.717) is 5.69 Å². The molecule has 0 spiro atoms. The summed E-state index contributed by atoms with van der Waals surface area (Å²) in [5.74, 6) is -0.0560. The first-order chi connectivity index (χ1) is 8.85. The molecule has 19 heavy (non-hydrogen) atoms. The molecule has 0 aromatic heterocycles. The summed E-state index contributed by atoms with van der Waals surface area (Å²) >= 11 is 0. The van der Waals surface area contributed by atoms with E-state index >= 15 is 0 Å². The molecule has 0 saturated heterocycles. The SMILES string of the molecule is N#[N+]c1ccccc1C(CO)Cc1ccccc1.[Cl-]. The molecule has 2 aromatic rings. The number of aliphatic hydroxyl groups excluding tert-OH is 1. The van der Waals surface area contributed by atoms with Crippen LogP contribution in [0.5, 0.6) is 0 Å². The van der Waals surface area contributed by atoms with Crippen LogP contribution in [-0.4, -0.2) is 11.7 Å². The lowest BCUT2D eigenvalue weighted by molar-refractivity contribution is -0.00000483. The van der Waals surface area contributed by atoms with Gasteiger partial charge in [-0.3, -0.25) is 0 Å². The Morgan fingerprint density at radius 1 is 1.00 bits per heavy atom. The fraction of sp³-hybridized carbons (Fsp3) is 0.200. The van der Waals surface area contributed by atoms with Crippen molar-refractivity contribution in [3.8, 4) is 0 Å². The highest BCUT2D eigenvalue weighted by Gasteiger charge is 2.21. The Bertz CT molecular complexity index is 552. The summed E-state index contributed by atoms with van der Waals surface area (Å²) in [7, 11) is 0. The lowest BCUT2D eigenvalue weighted by Gasteiger charge is -2.12. The molecule has 2 rings (SSSR count). The third-order valence-corrected chi connectivity index (χ3v) is 3.03. The molecular formula is C15H15ClN2O. The Balaban J connectivity index is 0.00000180. The zero-order valence-corrected chi connectivity index (χ0v) is 11.2. The van der Waals surface area contributed by atoms with E-state index in [1.54, 1.807) is 6.07 Å². The van der Waals surface area contributed by atoms with Gasteiger partial charge in [-0.1, -0.05) is 48.5 Å². The highest BCUT2D eigenvalue weighted by atomic mass is 35.5. The number of rotatable bonds is 4. The Kier molecular flexibility index (Phi) is 6.01. The van der Waals surface area contributed by atoms with Crippen LogP contribution in [0.1, 0.15) is 17.0 Å². The predicted molar refractivity (Wildman–Crippen MR) is 71.2 cm³/mol. The van der Waals surface area contributed by atoms with Crippen LogP contribution in [0.15, 0.2) is 54.6 Å². The average Bonchev–Trinajstić information content (AvgIpc) is 2.46. The molecule has 0 aliphatic rings. The topological polar surface area (TPSA) is 48.4 Å². The summed E-state index contributed by atoms with van der Waals surface area (Å²) in [6.07, 6.45) is 0.726. The number of nitrogens with zero attached hydrogens (tertiary/aromatic N) is 2. The molecule has 3 nitrogen and oxygen atoms in total. The van der Waals surface area contributed by atoms with Crippen molar-refractivity contribution in [2.45, 2.75) is 12.3 Å². The molecule has 0 fully saturated rings. The Morgan fingerprint density at radius 3 is 2.26 bits per heavy atom. The summed E-state index contributed by atoms with van der Waals surface area (Å²) in [4.78, 5) is 3.27. The monoisotopic (exact) mass is 274 g/mol. The second-order valence-corrected chi connectivity index (χ2v) is 4.23. The van der Waals surface area contributed by atoms with Gasteiger partial charge in [0.15, 0.2) is 4.98 Å². The summed E-state index contributed by atoms with van der Waals surface area (Å²) in [5, 5.41) is 18.5. The van der Waals surface area contributed by atoms with Crippen LogP contribution in [0.4, 0.5) is 5.69 Å². The highest BCUT2D eigenvalue weighted by molar-refractivity contribution is 5.53. The van der Waals surface area contributed by atoms with Crippen LogP contribution in [-0.2, 0) is 6.42 Å². The maximum Gasteiger partial charge on any atom is 0.388 e. The maximum absolute atomic E-state index is 9.54. The fourth-order valence-corrected chi connectivity index (χ4v) is 2.10. The maximum atomic E-state index is 9.54. The van der Waals surface area contributed by atoms with E-state index in [0.717, 1.165) is 17.5 Å². The van der Waals surface area contributed by atoms with Crippen molar-refractivity contribution in [2.75, 3.05) is 6.61 Å². The highest BCUT2D eigenvalue weighted by Crippen LogP contribution is 2.29. The van der Waals surface area contributed by atoms with Gasteiger partial charge in [0.05, 0.1) is 12.2 Å². The smallest absolute Gasteiger partial charge is 0.388 e.